The Morgan fingerprint density at radius 1 is 0.618 bits per heavy atom. The van der Waals surface area contributed by atoms with Crippen LogP contribution in [0.15, 0.2) is 103 Å². The summed E-state index contributed by atoms with van der Waals surface area (Å²) in [4.78, 5) is 151. The van der Waals surface area contributed by atoms with Gasteiger partial charge in [0.2, 0.25) is 59.1 Å². The molecule has 0 bridgehead atoms. The van der Waals surface area contributed by atoms with Crippen molar-refractivity contribution in [3.8, 4) is 5.75 Å². The number of hydrogen-bond acceptors (Lipinski definition) is 16. The third-order valence-electron chi connectivity index (χ3n) is 13.8. The number of fused-ring (bicyclic) bond motifs is 1. The number of nitrogens with zero attached hydrogens (tertiary/aromatic N) is 2. The summed E-state index contributed by atoms with van der Waals surface area (Å²) in [6, 6.07) is 12.2. The van der Waals surface area contributed by atoms with Crippen LogP contribution in [0.25, 0.3) is 10.9 Å². The van der Waals surface area contributed by atoms with E-state index < -0.39 is 114 Å². The molecule has 0 aliphatic rings. The maximum Gasteiger partial charge on any atom is 0.244 e. The van der Waals surface area contributed by atoms with E-state index in [1.807, 2.05) is 25.1 Å². The molecule has 9 atom stereocenters. The Morgan fingerprint density at radius 2 is 1.16 bits per heavy atom. The minimum Gasteiger partial charge on any atom is -0.494 e. The first-order chi connectivity index (χ1) is 42.6. The van der Waals surface area contributed by atoms with Crippen molar-refractivity contribution >= 4 is 101 Å². The Kier molecular flexibility index (Phi) is 28.7. The Labute approximate surface area is 525 Å². The van der Waals surface area contributed by atoms with Gasteiger partial charge in [-0.15, -0.1) is 0 Å². The number of aromatic amines is 2. The fraction of sp³-hybridized carbons (Fsp3) is 0.424. The summed E-state index contributed by atoms with van der Waals surface area (Å²) in [7, 11) is 0. The van der Waals surface area contributed by atoms with Gasteiger partial charge in [-0.1, -0.05) is 60.7 Å². The van der Waals surface area contributed by atoms with E-state index in [-0.39, 0.29) is 75.5 Å². The van der Waals surface area contributed by atoms with E-state index in [1.165, 1.54) is 26.4 Å². The molecule has 0 radical (unpaired) electrons. The second-order valence-corrected chi connectivity index (χ2v) is 21.6. The van der Waals surface area contributed by atoms with Crippen molar-refractivity contribution in [2.45, 2.75) is 127 Å². The van der Waals surface area contributed by atoms with Crippen molar-refractivity contribution in [3.63, 3.8) is 0 Å². The number of primary amides is 1. The standard InChI is InChI=1S/C59H80N16O12S2/c1-4-87-39-19-17-36(18-20-39)25-44(71-56(84)46(27-38-29-63-32-67-38)73-57(85)48(31-89)74-54(82)43(68-34(3)77)24-35-12-6-5-7-13-35)55(83)70-42(16-10-11-22-65-59(61)62)53(81)72-45(26-37-28-66-41-15-9-8-14-40(37)41)52(80)64-23-21-49(78)69-47(30-88)58(86)75-50(33(2)76)51(60)79/h5-9,12-15,17-20,28-29,32-33,42-48,50,66,76,88-89H,4,10-11,16,21-27,30-31H2,1-3H3,(H2,60,79)(H,63,67)(H,64,80)(H,68,77)(H,69,78)(H,70,83)(H,71,84)(H,72,81)(H,73,85)(H,74,82)(H,75,86)(H4,61,62,65)/t33-,42+,43-,44-,45+,46+,47-,48+,50+/m1/s1. The molecule has 5 aromatic rings. The van der Waals surface area contributed by atoms with Gasteiger partial charge >= 0.3 is 0 Å². The van der Waals surface area contributed by atoms with Crippen LogP contribution in [0.2, 0.25) is 0 Å². The highest BCUT2D eigenvalue weighted by molar-refractivity contribution is 7.80. The molecule has 0 saturated heterocycles. The van der Waals surface area contributed by atoms with Crippen LogP contribution in [-0.4, -0.2) is 171 Å². The van der Waals surface area contributed by atoms with Crippen molar-refractivity contribution in [2.24, 2.45) is 22.2 Å². The zero-order valence-corrected chi connectivity index (χ0v) is 51.4. The quantitative estimate of drug-likeness (QED) is 0.00897. The van der Waals surface area contributed by atoms with Gasteiger partial charge in [-0.2, -0.15) is 25.3 Å². The van der Waals surface area contributed by atoms with Crippen LogP contribution in [0.5, 0.6) is 5.75 Å². The van der Waals surface area contributed by atoms with Crippen LogP contribution in [0.1, 0.15) is 68.8 Å². The topological polar surface area (TPSA) is 443 Å². The van der Waals surface area contributed by atoms with Crippen molar-refractivity contribution in [1.82, 2.24) is 62.8 Å². The third-order valence-corrected chi connectivity index (χ3v) is 14.6. The van der Waals surface area contributed by atoms with Gasteiger partial charge < -0.3 is 84.9 Å². The van der Waals surface area contributed by atoms with E-state index in [1.54, 1.807) is 66.9 Å². The number of amides is 10. The normalized spacial score (nSPS) is 14.0. The smallest absolute Gasteiger partial charge is 0.244 e. The predicted molar refractivity (Wildman–Crippen MR) is 338 cm³/mol. The van der Waals surface area contributed by atoms with E-state index in [9.17, 15) is 53.1 Å². The number of H-pyrrole nitrogens is 2. The predicted octanol–water partition coefficient (Wildman–Crippen LogP) is -1.87. The molecule has 2 aromatic heterocycles. The first-order valence-electron chi connectivity index (χ1n) is 28.8. The number of unbranched alkanes of at least 4 members (excludes halogenated alkanes) is 1. The van der Waals surface area contributed by atoms with Crippen LogP contribution in [-0.2, 0) is 73.6 Å². The molecule has 10 amide bonds. The van der Waals surface area contributed by atoms with E-state index in [2.05, 4.69) is 93.1 Å². The summed E-state index contributed by atoms with van der Waals surface area (Å²) in [5.41, 5.74) is 19.5. The van der Waals surface area contributed by atoms with Crippen molar-refractivity contribution < 1.29 is 57.8 Å². The molecule has 30 heteroatoms. The molecule has 480 valence electrons. The van der Waals surface area contributed by atoms with E-state index in [0.717, 1.165) is 16.5 Å². The molecule has 5 rings (SSSR count). The van der Waals surface area contributed by atoms with Crippen molar-refractivity contribution in [2.75, 3.05) is 31.2 Å². The number of thiol groups is 2. The van der Waals surface area contributed by atoms with Gasteiger partial charge in [0.15, 0.2) is 5.96 Å². The van der Waals surface area contributed by atoms with Crippen LogP contribution in [0, 0.1) is 0 Å². The van der Waals surface area contributed by atoms with Crippen LogP contribution in [0.3, 0.4) is 0 Å². The lowest BCUT2D eigenvalue weighted by atomic mass is 10.0. The van der Waals surface area contributed by atoms with Crippen LogP contribution < -0.4 is 69.8 Å². The number of benzene rings is 3. The Balaban J connectivity index is 1.42. The van der Waals surface area contributed by atoms with Crippen molar-refractivity contribution in [3.05, 3.63) is 120 Å². The number of imidazole rings is 1. The van der Waals surface area contributed by atoms with E-state index in [4.69, 9.17) is 21.9 Å². The fourth-order valence-corrected chi connectivity index (χ4v) is 9.77. The number of carbonyl (C=O) groups excluding carboxylic acids is 10. The molecular weight excluding hydrogens is 1190 g/mol. The van der Waals surface area contributed by atoms with Gasteiger partial charge in [0.25, 0.3) is 0 Å². The monoisotopic (exact) mass is 1270 g/mol. The first kappa shape index (κ1) is 70.6. The lowest BCUT2D eigenvalue weighted by molar-refractivity contribution is -0.135. The average Bonchev–Trinajstić information content (AvgIpc) is 2.28. The number of para-hydroxylation sites is 1. The number of aliphatic hydroxyl groups excluding tert-OH is 1. The van der Waals surface area contributed by atoms with Gasteiger partial charge in [0, 0.05) is 92.6 Å². The molecule has 0 unspecified atom stereocenters. The summed E-state index contributed by atoms with van der Waals surface area (Å²) in [5.74, 6) is -7.89. The molecule has 2 heterocycles. The summed E-state index contributed by atoms with van der Waals surface area (Å²) in [6.45, 7) is 4.56. The highest BCUT2D eigenvalue weighted by atomic mass is 32.1. The molecule has 89 heavy (non-hydrogen) atoms. The molecule has 3 aromatic carbocycles. The minimum absolute atomic E-state index is 0.0380. The summed E-state index contributed by atoms with van der Waals surface area (Å²) >= 11 is 8.49. The van der Waals surface area contributed by atoms with Crippen LogP contribution in [0.4, 0.5) is 0 Å². The number of carbonyl (C=O) groups is 10. The molecular formula is C59H80N16O12S2. The number of aliphatic imine (C=N–C) groups is 1. The first-order valence-corrected chi connectivity index (χ1v) is 30.0. The molecule has 0 aliphatic carbocycles. The van der Waals surface area contributed by atoms with Gasteiger partial charge in [0.1, 0.15) is 54.1 Å². The van der Waals surface area contributed by atoms with Gasteiger partial charge in [-0.3, -0.25) is 52.9 Å². The maximum absolute atomic E-state index is 15.0. The summed E-state index contributed by atoms with van der Waals surface area (Å²) < 4.78 is 5.64. The lowest BCUT2D eigenvalue weighted by Gasteiger charge is -2.27. The SMILES string of the molecule is CCOc1ccc(C[C@@H](NC(=O)[C@H](Cc2cnc[nH]2)NC(=O)[C@H](CS)NC(=O)[C@@H](Cc2ccccc2)NC(C)=O)C(=O)N[C@@H](CCCCN=C(N)N)C(=O)N[C@@H](Cc2c[nH]c3ccccc23)C(=O)NCCC(=O)N[C@H](CS)C(=O)N[C@H](C(N)=O)[C@@H](C)O)cc1. The van der Waals surface area contributed by atoms with Gasteiger partial charge in [-0.25, -0.2) is 4.98 Å². The second kappa shape index (κ2) is 36.2. The zero-order chi connectivity index (χ0) is 65.0. The zero-order valence-electron chi connectivity index (χ0n) is 49.6. The number of guanidine groups is 1. The van der Waals surface area contributed by atoms with Crippen molar-refractivity contribution in [1.29, 1.82) is 0 Å². The number of nitrogens with one attached hydrogen (secondary N) is 11. The summed E-state index contributed by atoms with van der Waals surface area (Å²) in [5, 5.41) is 34.4. The number of aliphatic hydroxyl groups is 1. The molecule has 0 spiro atoms. The van der Waals surface area contributed by atoms with Gasteiger partial charge in [0.05, 0.1) is 19.0 Å². The number of rotatable bonds is 37. The van der Waals surface area contributed by atoms with Crippen LogP contribution >= 0.6 is 25.3 Å². The Bertz CT molecular complexity index is 3200. The molecule has 0 fully saturated rings. The fourth-order valence-electron chi connectivity index (χ4n) is 9.25. The number of hydrogen-bond donors (Lipinski definition) is 17. The molecule has 0 aliphatic heterocycles. The average molecular weight is 1270 g/mol. The van der Waals surface area contributed by atoms with E-state index >= 15 is 0 Å². The highest BCUT2D eigenvalue weighted by Crippen LogP contribution is 2.20. The Hall–Kier alpha value is -9.16. The molecule has 18 N–H and O–H groups in total. The molecule has 0 saturated carbocycles. The number of ether oxygens (including phenoxy) is 1. The minimum atomic E-state index is -1.46. The van der Waals surface area contributed by atoms with E-state index in [0.29, 0.717) is 35.6 Å². The number of nitrogens with two attached hydrogens (primary N) is 3. The summed E-state index contributed by atoms with van der Waals surface area (Å²) in [6.07, 6.45) is 2.99. The lowest BCUT2D eigenvalue weighted by Crippen LogP contribution is -2.60. The molecule has 28 nitrogen and oxygen atoms in total. The Morgan fingerprint density at radius 3 is 1.74 bits per heavy atom. The highest BCUT2D eigenvalue weighted by Gasteiger charge is 2.35. The third kappa shape index (κ3) is 23.5. The largest absolute Gasteiger partial charge is 0.494 e. The van der Waals surface area contributed by atoms with Gasteiger partial charge in [-0.05, 0) is 68.0 Å². The second-order valence-electron chi connectivity index (χ2n) is 20.8. The number of aromatic nitrogens is 3. The maximum atomic E-state index is 15.0.